The molecule has 0 amide bonds. The van der Waals surface area contributed by atoms with Crippen molar-refractivity contribution in [3.8, 4) is 21.8 Å². The van der Waals surface area contributed by atoms with Gasteiger partial charge in [0.25, 0.3) is 0 Å². The van der Waals surface area contributed by atoms with Crippen molar-refractivity contribution in [1.82, 2.24) is 15.0 Å². The van der Waals surface area contributed by atoms with E-state index in [0.29, 0.717) is 29.4 Å². The maximum absolute atomic E-state index is 14.6. The lowest BCUT2D eigenvalue weighted by molar-refractivity contribution is 0.535. The number of hydrogen-bond donors (Lipinski definition) is 2. The van der Waals surface area contributed by atoms with Gasteiger partial charge in [-0.1, -0.05) is 19.9 Å². The number of nitrogens with zero attached hydrogens (tertiary/aromatic N) is 3. The predicted molar refractivity (Wildman–Crippen MR) is 133 cm³/mol. The topological polar surface area (TPSA) is 79.8 Å². The van der Waals surface area contributed by atoms with Crippen molar-refractivity contribution in [3.05, 3.63) is 71.1 Å². The molecule has 4 aromatic rings. The largest absolute Gasteiger partial charge is 0.354 e. The van der Waals surface area contributed by atoms with Crippen LogP contribution in [0.25, 0.3) is 21.8 Å². The zero-order valence-corrected chi connectivity index (χ0v) is 20.7. The predicted octanol–water partition coefficient (Wildman–Crippen LogP) is 6.37. The number of thiazole rings is 1. The van der Waals surface area contributed by atoms with Crippen molar-refractivity contribution < 1.29 is 17.4 Å². The van der Waals surface area contributed by atoms with Crippen LogP contribution in [0.4, 0.5) is 24.8 Å². The van der Waals surface area contributed by atoms with Crippen molar-refractivity contribution in [2.45, 2.75) is 31.6 Å². The average molecular weight is 518 g/mol. The van der Waals surface area contributed by atoms with Crippen molar-refractivity contribution in [2.24, 2.45) is 0 Å². The van der Waals surface area contributed by atoms with Crippen molar-refractivity contribution in [3.63, 3.8) is 0 Å². The lowest BCUT2D eigenvalue weighted by Crippen LogP contribution is -2.10. The van der Waals surface area contributed by atoms with Gasteiger partial charge in [-0.05, 0) is 43.3 Å². The highest BCUT2D eigenvalue weighted by molar-refractivity contribution is 7.86. The first-order chi connectivity index (χ1) is 16.8. The number of anilines is 2. The maximum Gasteiger partial charge on any atom is 0.223 e. The molecule has 35 heavy (non-hydrogen) atoms. The van der Waals surface area contributed by atoms with Gasteiger partial charge in [0, 0.05) is 24.2 Å². The van der Waals surface area contributed by atoms with Crippen LogP contribution in [0.1, 0.15) is 31.7 Å². The fourth-order valence-corrected chi connectivity index (χ4v) is 5.25. The number of halogens is 3. The number of aromatic nitrogens is 3. The Balaban J connectivity index is 1.76. The van der Waals surface area contributed by atoms with Crippen LogP contribution in [0, 0.1) is 17.5 Å². The molecule has 4 rings (SSSR count). The van der Waals surface area contributed by atoms with E-state index in [0.717, 1.165) is 28.1 Å². The minimum Gasteiger partial charge on any atom is -0.354 e. The fourth-order valence-electron chi connectivity index (χ4n) is 3.24. The molecule has 0 aliphatic carbocycles. The van der Waals surface area contributed by atoms with Crippen LogP contribution in [-0.2, 0) is 11.0 Å². The van der Waals surface area contributed by atoms with Gasteiger partial charge in [0.2, 0.25) is 5.95 Å². The highest BCUT2D eigenvalue weighted by Crippen LogP contribution is 2.39. The van der Waals surface area contributed by atoms with E-state index in [1.54, 1.807) is 18.3 Å². The molecule has 6 nitrogen and oxygen atoms in total. The van der Waals surface area contributed by atoms with E-state index in [1.165, 1.54) is 23.5 Å². The Hall–Kier alpha value is -3.31. The second-order valence-corrected chi connectivity index (χ2v) is 9.98. The second-order valence-electron chi connectivity index (χ2n) is 7.80. The molecule has 0 aliphatic heterocycles. The third-order valence-corrected chi connectivity index (χ3v) is 7.45. The monoisotopic (exact) mass is 517 g/mol. The molecule has 182 valence electrons. The Labute approximate surface area is 207 Å². The lowest BCUT2D eigenvalue weighted by Gasteiger charge is -2.11. The SMILES string of the molecule is CCNc1nccc(-c2sc(C(C)C)nc2-c2ccc(F)c(NS(=O)c3c(F)cccc3F)c2)n1. The summed E-state index contributed by atoms with van der Waals surface area (Å²) in [5.74, 6) is -2.10. The smallest absolute Gasteiger partial charge is 0.223 e. The van der Waals surface area contributed by atoms with Crippen LogP contribution in [0.5, 0.6) is 0 Å². The lowest BCUT2D eigenvalue weighted by atomic mass is 10.1. The quantitative estimate of drug-likeness (QED) is 0.284. The molecule has 11 heteroatoms. The van der Waals surface area contributed by atoms with Gasteiger partial charge in [0.05, 0.1) is 27.0 Å². The molecule has 0 radical (unpaired) electrons. The molecule has 2 aromatic heterocycles. The van der Waals surface area contributed by atoms with Crippen LogP contribution in [0.15, 0.2) is 53.6 Å². The molecule has 0 fully saturated rings. The van der Waals surface area contributed by atoms with Crippen molar-refractivity contribution in [1.29, 1.82) is 0 Å². The molecular formula is C24H22F3N5OS2. The Morgan fingerprint density at radius 3 is 2.46 bits per heavy atom. The first-order valence-corrected chi connectivity index (χ1v) is 12.8. The number of rotatable bonds is 8. The molecule has 2 N–H and O–H groups in total. The van der Waals surface area contributed by atoms with Crippen molar-refractivity contribution in [2.75, 3.05) is 16.6 Å². The van der Waals surface area contributed by atoms with Crippen LogP contribution in [0.3, 0.4) is 0 Å². The highest BCUT2D eigenvalue weighted by atomic mass is 32.2. The summed E-state index contributed by atoms with van der Waals surface area (Å²) >= 11 is 1.46. The zero-order chi connectivity index (χ0) is 25.1. The van der Waals surface area contributed by atoms with E-state index in [4.69, 9.17) is 4.98 Å². The summed E-state index contributed by atoms with van der Waals surface area (Å²) in [4.78, 5) is 13.6. The molecule has 0 aliphatic rings. The minimum absolute atomic E-state index is 0.136. The number of hydrogen-bond acceptors (Lipinski definition) is 6. The van der Waals surface area contributed by atoms with Gasteiger partial charge < -0.3 is 5.32 Å². The van der Waals surface area contributed by atoms with Gasteiger partial charge in [-0.25, -0.2) is 32.3 Å². The molecule has 0 spiro atoms. The molecule has 0 saturated carbocycles. The molecule has 1 atom stereocenters. The highest BCUT2D eigenvalue weighted by Gasteiger charge is 2.21. The fraction of sp³-hybridized carbons (Fsp3) is 0.208. The van der Waals surface area contributed by atoms with E-state index in [1.807, 2.05) is 20.8 Å². The summed E-state index contributed by atoms with van der Waals surface area (Å²) in [6, 6.07) is 9.06. The van der Waals surface area contributed by atoms with E-state index >= 15 is 0 Å². The molecule has 0 saturated heterocycles. The average Bonchev–Trinajstić information content (AvgIpc) is 3.27. The van der Waals surface area contributed by atoms with Gasteiger partial charge in [-0.3, -0.25) is 4.72 Å². The zero-order valence-electron chi connectivity index (χ0n) is 19.1. The number of benzene rings is 2. The summed E-state index contributed by atoms with van der Waals surface area (Å²) in [5.41, 5.74) is 1.56. The molecule has 1 unspecified atom stereocenters. The Kier molecular flexibility index (Phi) is 7.46. The molecule has 2 heterocycles. The standard InChI is InChI=1S/C24H22F3N5OS2/c1-4-28-24-29-11-10-18(30-24)21-20(31-23(34-21)13(2)3)14-8-9-15(25)19(12-14)32-35(33)22-16(26)6-5-7-17(22)27/h5-13,32H,4H2,1-3H3,(H,28,29,30). The molecular weight excluding hydrogens is 495 g/mol. The van der Waals surface area contributed by atoms with E-state index in [-0.39, 0.29) is 11.6 Å². The Morgan fingerprint density at radius 2 is 1.77 bits per heavy atom. The van der Waals surface area contributed by atoms with E-state index in [2.05, 4.69) is 20.0 Å². The Bertz CT molecular complexity index is 1370. The van der Waals surface area contributed by atoms with Crippen molar-refractivity contribution >= 4 is 34.0 Å². The summed E-state index contributed by atoms with van der Waals surface area (Å²) in [6.45, 7) is 6.62. The van der Waals surface area contributed by atoms with Crippen LogP contribution in [-0.4, -0.2) is 25.7 Å². The summed E-state index contributed by atoms with van der Waals surface area (Å²) in [5, 5.41) is 3.93. The summed E-state index contributed by atoms with van der Waals surface area (Å²) in [7, 11) is -2.37. The third kappa shape index (κ3) is 5.35. The minimum atomic E-state index is -2.37. The first-order valence-electron chi connectivity index (χ1n) is 10.8. The van der Waals surface area contributed by atoms with Crippen LogP contribution < -0.4 is 10.0 Å². The van der Waals surface area contributed by atoms with Crippen LogP contribution >= 0.6 is 11.3 Å². The summed E-state index contributed by atoms with van der Waals surface area (Å²) < 4.78 is 57.8. The van der Waals surface area contributed by atoms with Gasteiger partial charge >= 0.3 is 0 Å². The molecule has 2 aromatic carbocycles. The maximum atomic E-state index is 14.6. The van der Waals surface area contributed by atoms with Gasteiger partial charge in [-0.15, -0.1) is 11.3 Å². The normalized spacial score (nSPS) is 12.1. The summed E-state index contributed by atoms with van der Waals surface area (Å²) in [6.07, 6.45) is 1.64. The van der Waals surface area contributed by atoms with Crippen LogP contribution in [0.2, 0.25) is 0 Å². The Morgan fingerprint density at radius 1 is 1.03 bits per heavy atom. The van der Waals surface area contributed by atoms with Gasteiger partial charge in [-0.2, -0.15) is 0 Å². The van der Waals surface area contributed by atoms with E-state index in [9.17, 15) is 17.4 Å². The third-order valence-electron chi connectivity index (χ3n) is 4.91. The van der Waals surface area contributed by atoms with Gasteiger partial charge in [0.1, 0.15) is 22.3 Å². The number of nitrogens with one attached hydrogen (secondary N) is 2. The molecule has 0 bridgehead atoms. The van der Waals surface area contributed by atoms with E-state index < -0.39 is 33.3 Å². The first kappa shape index (κ1) is 24.8. The van der Waals surface area contributed by atoms with Gasteiger partial charge in [0.15, 0.2) is 11.0 Å². The second kappa shape index (κ2) is 10.5.